The molecule has 2 saturated heterocycles. The second-order valence-electron chi connectivity index (χ2n) is 25.1. The van der Waals surface area contributed by atoms with Crippen LogP contribution in [-0.4, -0.2) is 295 Å². The molecule has 0 N–H and O–H groups in total. The summed E-state index contributed by atoms with van der Waals surface area (Å²) in [6.07, 6.45) is -54.4. The van der Waals surface area contributed by atoms with Crippen LogP contribution in [0.1, 0.15) is 13.8 Å². The molecule has 2 atom stereocenters. The number of rotatable bonds is 38. The maximum atomic E-state index is 15.3. The molecule has 2 aliphatic rings. The van der Waals surface area contributed by atoms with Gasteiger partial charge in [-0.3, -0.25) is 0 Å². The summed E-state index contributed by atoms with van der Waals surface area (Å²) in [6.45, 7) is -33.0. The first kappa shape index (κ1) is 109. The first-order valence-electron chi connectivity index (χ1n) is 32.1. The molecule has 24 nitrogen and oxygen atoms in total. The largest absolute Gasteiger partial charge is 0.464 e. The van der Waals surface area contributed by atoms with Gasteiger partial charge in [-0.1, -0.05) is 0 Å². The Balaban J connectivity index is 1.88. The zero-order valence-corrected chi connectivity index (χ0v) is 60.5. The summed E-state index contributed by atoms with van der Waals surface area (Å²) in [5.41, 5.74) is 0. The van der Waals surface area contributed by atoms with Gasteiger partial charge < -0.3 is 57.5 Å². The number of nitrogens with zero attached hydrogens (tertiary/aromatic N) is 16. The fourth-order valence-electron chi connectivity index (χ4n) is 9.33. The molecular formula is C52H32F54N16O8. The number of fused-ring (bicyclic) bond motifs is 1. The van der Waals surface area contributed by atoms with Crippen molar-refractivity contribution in [2.45, 2.75) is 170 Å². The summed E-state index contributed by atoms with van der Waals surface area (Å²) in [4.78, 5) is 33.9. The van der Waals surface area contributed by atoms with Crippen LogP contribution < -0.4 is 57.5 Å². The third kappa shape index (κ3) is 19.4. The van der Waals surface area contributed by atoms with Gasteiger partial charge in [0.2, 0.25) is 23.8 Å². The van der Waals surface area contributed by atoms with Gasteiger partial charge in [-0.05, 0) is 13.8 Å². The first-order chi connectivity index (χ1) is 57.7. The van der Waals surface area contributed by atoms with Crippen molar-refractivity contribution in [2.24, 2.45) is 0 Å². The van der Waals surface area contributed by atoms with E-state index in [4.69, 9.17) is 9.47 Å². The van der Waals surface area contributed by atoms with Crippen LogP contribution in [0, 0.1) is 0 Å². The van der Waals surface area contributed by atoms with Gasteiger partial charge in [0, 0.05) is 26.2 Å². The van der Waals surface area contributed by atoms with Crippen LogP contribution >= 0.6 is 0 Å². The van der Waals surface area contributed by atoms with Gasteiger partial charge in [-0.25, -0.2) is 0 Å². The summed E-state index contributed by atoms with van der Waals surface area (Å²) in [5, 5.41) is 0. The average molecular weight is 2030 g/mol. The molecule has 0 bridgehead atoms. The SMILES string of the molecule is CCOc1nc(OCC(F)(F)C(F)(F)C(F)(F)C(F)(F)F)nc(N2CCN(c3nc(OCC)nc(OCC(F)(F)C(F)(F)C(F)(F)C(F)(F)F)n3)C3C2N(c2nc(OCC(F)(F)C(F)(F)C(F)(F)C(F)(F)F)nc(OCC(F)(F)C(F)(F)C(F)(F)C(F)(F)F)n2)CCN3c2nc(OCC(F)(F)C(F)(F)C(F)(F)C(F)(F)F)nc(OCC(F)(F)C(F)(F)C(F)(F)C(F)(F)F)n2)n1. The van der Waals surface area contributed by atoms with Crippen LogP contribution in [0.4, 0.5) is 261 Å². The highest BCUT2D eigenvalue weighted by atomic mass is 19.5. The van der Waals surface area contributed by atoms with Crippen molar-refractivity contribution in [1.82, 2.24) is 59.8 Å². The Labute approximate surface area is 675 Å². The summed E-state index contributed by atoms with van der Waals surface area (Å²) in [5.74, 6) is -149. The number of hydrogen-bond acceptors (Lipinski definition) is 24. The van der Waals surface area contributed by atoms with E-state index < -0.39 is 317 Å². The van der Waals surface area contributed by atoms with Crippen molar-refractivity contribution in [3.05, 3.63) is 0 Å². The minimum absolute atomic E-state index is 0.309. The molecule has 4 aromatic rings. The number of ether oxygens (including phenoxy) is 8. The number of anilines is 4. The molecule has 2 fully saturated rings. The number of aromatic nitrogens is 12. The van der Waals surface area contributed by atoms with Crippen LogP contribution in [-0.2, 0) is 0 Å². The lowest BCUT2D eigenvalue weighted by Crippen LogP contribution is -2.76. The highest BCUT2D eigenvalue weighted by molar-refractivity contribution is 5.56. The predicted octanol–water partition coefficient (Wildman–Crippen LogP) is 16.3. The standard InChI is InChI=1S/C52H32F54N16O8/c1-3-123-21-107-17(109-23(115-21)125-9-29(53,54)35(65,66)41(77,78)47(89,90)91)119-5-6-120(18-108-22(124-4-2)116-24(110-18)126-10-30(55,56)36(67,68)42(79,80)48(92,93)94)16-15(119)121(19-111-25(127-11-31(57,58)37(69,70)43(81,82)49(95,96)97)117-26(112-19)128-12-32(59,60)38(71,72)44(83,84)50(98,99)100)7-8-122(16)20-113-27(129-13-33(61,62)39(73,74)45(85,86)51(101,102)103)118-28(114-20)130-14-34(63,64)40(75,76)46(87,88)52(104,105)106/h15-16H,3-14H2,1-2H3. The molecule has 0 spiro atoms. The highest BCUT2D eigenvalue weighted by Gasteiger charge is 2.88. The maximum absolute atomic E-state index is 15.3. The Hall–Kier alpha value is -10.1. The second-order valence-corrected chi connectivity index (χ2v) is 25.1. The fourth-order valence-corrected chi connectivity index (χ4v) is 9.33. The van der Waals surface area contributed by atoms with Gasteiger partial charge in [-0.15, -0.1) is 19.9 Å². The van der Waals surface area contributed by atoms with Crippen LogP contribution in [0.25, 0.3) is 0 Å². The van der Waals surface area contributed by atoms with E-state index in [1.165, 1.54) is 0 Å². The Kier molecular flexibility index (Phi) is 28.5. The number of halogens is 54. The number of hydrogen-bond donors (Lipinski definition) is 0. The summed E-state index contributed by atoms with van der Waals surface area (Å²) in [6, 6.07) is -20.4. The van der Waals surface area contributed by atoms with Crippen LogP contribution in [0.5, 0.6) is 48.1 Å². The van der Waals surface area contributed by atoms with Crippen molar-refractivity contribution in [1.29, 1.82) is 0 Å². The van der Waals surface area contributed by atoms with Crippen molar-refractivity contribution in [3.63, 3.8) is 0 Å². The minimum Gasteiger partial charge on any atom is -0.464 e. The minimum atomic E-state index is -8.09. The molecule has 0 saturated carbocycles. The lowest BCUT2D eigenvalue weighted by atomic mass is 10.0. The maximum Gasteiger partial charge on any atom is 0.460 e. The molecule has 130 heavy (non-hydrogen) atoms. The zero-order valence-electron chi connectivity index (χ0n) is 60.5. The summed E-state index contributed by atoms with van der Waals surface area (Å²) in [7, 11) is 0. The normalized spacial score (nSPS) is 17.3. The smallest absolute Gasteiger partial charge is 0.460 e. The van der Waals surface area contributed by atoms with Crippen LogP contribution in [0.15, 0.2) is 0 Å². The Bertz CT molecular complexity index is 4160. The van der Waals surface area contributed by atoms with Gasteiger partial charge in [0.05, 0.1) is 13.2 Å². The van der Waals surface area contributed by atoms with E-state index in [1.807, 2.05) is 0 Å². The fraction of sp³-hybridized carbons (Fsp3) is 0.769. The van der Waals surface area contributed by atoms with Gasteiger partial charge in [0.1, 0.15) is 12.3 Å². The van der Waals surface area contributed by atoms with Crippen molar-refractivity contribution in [2.75, 3.05) is 98.6 Å². The van der Waals surface area contributed by atoms with Crippen molar-refractivity contribution in [3.8, 4) is 48.1 Å². The molecule has 2 aliphatic heterocycles. The number of piperazine rings is 2. The van der Waals surface area contributed by atoms with Gasteiger partial charge in [0.25, 0.3) is 0 Å². The molecule has 0 radical (unpaired) electrons. The lowest BCUT2D eigenvalue weighted by Gasteiger charge is -2.57. The van der Waals surface area contributed by atoms with Crippen molar-refractivity contribution < 1.29 is 275 Å². The first-order valence-corrected chi connectivity index (χ1v) is 32.1. The van der Waals surface area contributed by atoms with Crippen LogP contribution in [0.3, 0.4) is 0 Å². The van der Waals surface area contributed by atoms with E-state index in [0.717, 1.165) is 0 Å². The van der Waals surface area contributed by atoms with Gasteiger partial charge in [0.15, 0.2) is 39.6 Å². The van der Waals surface area contributed by atoms with E-state index >= 15 is 52.7 Å². The molecule has 4 aromatic heterocycles. The molecular weight excluding hydrogens is 2000 g/mol. The van der Waals surface area contributed by atoms with E-state index in [9.17, 15) is 184 Å². The third-order valence-electron chi connectivity index (χ3n) is 16.2. The lowest BCUT2D eigenvalue weighted by molar-refractivity contribution is -0.398. The molecule has 0 aromatic carbocycles. The molecule has 0 aliphatic carbocycles. The van der Waals surface area contributed by atoms with Crippen LogP contribution in [0.2, 0.25) is 0 Å². The topological polar surface area (TPSA) is 241 Å². The quantitative estimate of drug-likeness (QED) is 0.0379. The summed E-state index contributed by atoms with van der Waals surface area (Å²) < 4.78 is 801. The zero-order chi connectivity index (χ0) is 101. The molecule has 78 heteroatoms. The van der Waals surface area contributed by atoms with Gasteiger partial charge >= 0.3 is 192 Å². The number of alkyl halides is 54. The molecule has 0 amide bonds. The van der Waals surface area contributed by atoms with E-state index in [-0.39, 0.29) is 9.80 Å². The Morgan fingerprint density at radius 3 is 0.408 bits per heavy atom. The average Bonchev–Trinajstić information content (AvgIpc) is 0.719. The highest BCUT2D eigenvalue weighted by Crippen LogP contribution is 2.60. The predicted molar refractivity (Wildman–Crippen MR) is 297 cm³/mol. The monoisotopic (exact) mass is 2030 g/mol. The third-order valence-corrected chi connectivity index (χ3v) is 16.2. The molecule has 6 heterocycles. The summed E-state index contributed by atoms with van der Waals surface area (Å²) >= 11 is 0. The van der Waals surface area contributed by atoms with E-state index in [0.29, 0.717) is 13.8 Å². The van der Waals surface area contributed by atoms with Gasteiger partial charge in [-0.2, -0.15) is 277 Å². The second kappa shape index (κ2) is 34.2. The van der Waals surface area contributed by atoms with Crippen molar-refractivity contribution >= 4 is 23.8 Å². The molecule has 2 unspecified atom stereocenters. The Morgan fingerprint density at radius 2 is 0.300 bits per heavy atom. The molecule has 6 rings (SSSR count). The van der Waals surface area contributed by atoms with E-state index in [1.54, 1.807) is 0 Å². The molecule has 746 valence electrons. The van der Waals surface area contributed by atoms with E-state index in [2.05, 4.69) is 88.2 Å². The Morgan fingerprint density at radius 1 is 0.185 bits per heavy atom.